The lowest BCUT2D eigenvalue weighted by Crippen LogP contribution is -2.28. The van der Waals surface area contributed by atoms with Gasteiger partial charge in [-0.2, -0.15) is 5.10 Å². The minimum absolute atomic E-state index is 0.0503. The molecule has 6 nitrogen and oxygen atoms in total. The Hall–Kier alpha value is -1.87. The highest BCUT2D eigenvalue weighted by Crippen LogP contribution is 2.17. The maximum Gasteiger partial charge on any atom is 0.246 e. The summed E-state index contributed by atoms with van der Waals surface area (Å²) in [7, 11) is -4.24. The molecule has 2 N–H and O–H groups in total. The molecule has 0 aliphatic heterocycles. The van der Waals surface area contributed by atoms with Gasteiger partial charge < -0.3 is 0 Å². The van der Waals surface area contributed by atoms with E-state index < -0.39 is 26.6 Å². The molecule has 2 rings (SSSR count). The molecule has 2 aromatic rings. The molecule has 0 radical (unpaired) electrons. The molecule has 0 amide bonds. The van der Waals surface area contributed by atoms with E-state index in [2.05, 4.69) is 19.9 Å². The van der Waals surface area contributed by atoms with Gasteiger partial charge in [-0.05, 0) is 12.1 Å². The largest absolute Gasteiger partial charge is 0.263 e. The SMILES string of the molecule is O=S(=O)(NCCc1ncn[nH]1)c1c(F)cccc1F. The van der Waals surface area contributed by atoms with Gasteiger partial charge in [0.2, 0.25) is 10.0 Å². The zero-order chi connectivity index (χ0) is 13.9. The van der Waals surface area contributed by atoms with Crippen molar-refractivity contribution in [2.24, 2.45) is 0 Å². The Balaban J connectivity index is 2.10. The van der Waals surface area contributed by atoms with E-state index >= 15 is 0 Å². The monoisotopic (exact) mass is 288 g/mol. The Bertz CT molecular complexity index is 638. The first-order valence-corrected chi connectivity index (χ1v) is 6.77. The van der Waals surface area contributed by atoms with Crippen LogP contribution in [0, 0.1) is 11.6 Å². The van der Waals surface area contributed by atoms with Gasteiger partial charge in [0.25, 0.3) is 0 Å². The number of hydrogen-bond acceptors (Lipinski definition) is 4. The van der Waals surface area contributed by atoms with Gasteiger partial charge in [0, 0.05) is 13.0 Å². The molecule has 1 aromatic heterocycles. The molecule has 0 fully saturated rings. The molecule has 9 heteroatoms. The van der Waals surface area contributed by atoms with Crippen LogP contribution in [0.3, 0.4) is 0 Å². The first kappa shape index (κ1) is 13.6. The van der Waals surface area contributed by atoms with Crippen LogP contribution in [0.25, 0.3) is 0 Å². The Morgan fingerprint density at radius 1 is 1.26 bits per heavy atom. The first-order valence-electron chi connectivity index (χ1n) is 5.28. The van der Waals surface area contributed by atoms with Crippen molar-refractivity contribution in [3.63, 3.8) is 0 Å². The lowest BCUT2D eigenvalue weighted by molar-refractivity contribution is 0.514. The molecule has 1 aromatic carbocycles. The van der Waals surface area contributed by atoms with Crippen LogP contribution in [-0.2, 0) is 16.4 Å². The summed E-state index contributed by atoms with van der Waals surface area (Å²) in [5.41, 5.74) is 0. The van der Waals surface area contributed by atoms with Gasteiger partial charge in [-0.3, -0.25) is 5.10 Å². The molecule has 0 aliphatic rings. The van der Waals surface area contributed by atoms with E-state index in [1.165, 1.54) is 6.33 Å². The van der Waals surface area contributed by atoms with Gasteiger partial charge in [-0.15, -0.1) is 0 Å². The molecule has 0 aliphatic carbocycles. The van der Waals surface area contributed by atoms with E-state index in [1.54, 1.807) is 0 Å². The van der Waals surface area contributed by atoms with Crippen molar-refractivity contribution >= 4 is 10.0 Å². The van der Waals surface area contributed by atoms with Crippen molar-refractivity contribution in [1.82, 2.24) is 19.9 Å². The second kappa shape index (κ2) is 5.41. The summed E-state index contributed by atoms with van der Waals surface area (Å²) < 4.78 is 52.3. The Kier molecular flexibility index (Phi) is 3.86. The summed E-state index contributed by atoms with van der Waals surface area (Å²) in [6.07, 6.45) is 1.51. The van der Waals surface area contributed by atoms with Gasteiger partial charge in [-0.25, -0.2) is 26.9 Å². The minimum Gasteiger partial charge on any atom is -0.263 e. The molecule has 0 atom stereocenters. The van der Waals surface area contributed by atoms with Gasteiger partial charge >= 0.3 is 0 Å². The standard InChI is InChI=1S/C10H10F2N4O2S/c11-7-2-1-3-8(12)10(7)19(17,18)15-5-4-9-13-6-14-16-9/h1-3,6,15H,4-5H2,(H,13,14,16). The highest BCUT2D eigenvalue weighted by atomic mass is 32.2. The summed E-state index contributed by atoms with van der Waals surface area (Å²) >= 11 is 0. The summed E-state index contributed by atoms with van der Waals surface area (Å²) in [6.45, 7) is -0.0503. The van der Waals surface area contributed by atoms with Crippen LogP contribution >= 0.6 is 0 Å². The Morgan fingerprint density at radius 3 is 2.53 bits per heavy atom. The zero-order valence-electron chi connectivity index (χ0n) is 9.60. The predicted molar refractivity (Wildman–Crippen MR) is 61.6 cm³/mol. The summed E-state index contributed by atoms with van der Waals surface area (Å²) in [4.78, 5) is 2.81. The molecule has 0 saturated carbocycles. The number of H-pyrrole nitrogens is 1. The number of nitrogens with one attached hydrogen (secondary N) is 2. The average Bonchev–Trinajstić information content (AvgIpc) is 2.81. The average molecular weight is 288 g/mol. The molecule has 102 valence electrons. The number of rotatable bonds is 5. The predicted octanol–water partition coefficient (Wildman–Crippen LogP) is 0.604. The minimum atomic E-state index is -4.24. The molecule has 19 heavy (non-hydrogen) atoms. The van der Waals surface area contributed by atoms with Gasteiger partial charge in [0.15, 0.2) is 4.90 Å². The lowest BCUT2D eigenvalue weighted by atomic mass is 10.3. The fraction of sp³-hybridized carbons (Fsp3) is 0.200. The van der Waals surface area contributed by atoms with Crippen LogP contribution in [0.1, 0.15) is 5.82 Å². The number of nitrogens with zero attached hydrogens (tertiary/aromatic N) is 2. The van der Waals surface area contributed by atoms with Crippen LogP contribution in [0.4, 0.5) is 8.78 Å². The fourth-order valence-electron chi connectivity index (χ4n) is 1.47. The zero-order valence-corrected chi connectivity index (χ0v) is 10.4. The Morgan fingerprint density at radius 2 is 1.95 bits per heavy atom. The smallest absolute Gasteiger partial charge is 0.246 e. The summed E-state index contributed by atoms with van der Waals surface area (Å²) in [6, 6.07) is 2.86. The van der Waals surface area contributed by atoms with Crippen molar-refractivity contribution in [2.75, 3.05) is 6.54 Å². The fourth-order valence-corrected chi connectivity index (χ4v) is 2.63. The van der Waals surface area contributed by atoms with Gasteiger partial charge in [0.1, 0.15) is 23.8 Å². The third-order valence-electron chi connectivity index (χ3n) is 2.31. The Labute approximate surface area is 107 Å². The molecule has 0 spiro atoms. The molecule has 0 bridgehead atoms. The molecule has 1 heterocycles. The third kappa shape index (κ3) is 3.12. The number of hydrogen-bond donors (Lipinski definition) is 2. The number of benzene rings is 1. The van der Waals surface area contributed by atoms with Crippen LogP contribution in [-0.4, -0.2) is 30.1 Å². The maximum absolute atomic E-state index is 13.4. The van der Waals surface area contributed by atoms with Crippen molar-refractivity contribution < 1.29 is 17.2 Å². The van der Waals surface area contributed by atoms with Gasteiger partial charge in [0.05, 0.1) is 0 Å². The third-order valence-corrected chi connectivity index (χ3v) is 3.82. The molecular formula is C10H10F2N4O2S. The highest BCUT2D eigenvalue weighted by Gasteiger charge is 2.23. The number of sulfonamides is 1. The number of aromatic nitrogens is 3. The summed E-state index contributed by atoms with van der Waals surface area (Å²) in [5.74, 6) is -1.80. The van der Waals surface area contributed by atoms with Crippen LogP contribution in [0.5, 0.6) is 0 Å². The van der Waals surface area contributed by atoms with E-state index in [0.29, 0.717) is 5.82 Å². The van der Waals surface area contributed by atoms with Crippen molar-refractivity contribution in [2.45, 2.75) is 11.3 Å². The quantitative estimate of drug-likeness (QED) is 0.843. The van der Waals surface area contributed by atoms with E-state index in [4.69, 9.17) is 0 Å². The van der Waals surface area contributed by atoms with E-state index in [9.17, 15) is 17.2 Å². The molecule has 0 saturated heterocycles. The van der Waals surface area contributed by atoms with Crippen molar-refractivity contribution in [3.8, 4) is 0 Å². The molecule has 0 unspecified atom stereocenters. The first-order chi connectivity index (χ1) is 9.00. The van der Waals surface area contributed by atoms with E-state index in [-0.39, 0.29) is 13.0 Å². The van der Waals surface area contributed by atoms with Crippen LogP contribution in [0.2, 0.25) is 0 Å². The van der Waals surface area contributed by atoms with Crippen LogP contribution in [0.15, 0.2) is 29.4 Å². The topological polar surface area (TPSA) is 87.7 Å². The number of halogens is 2. The second-order valence-corrected chi connectivity index (χ2v) is 5.33. The molecular weight excluding hydrogens is 278 g/mol. The normalized spacial score (nSPS) is 11.7. The van der Waals surface area contributed by atoms with Crippen molar-refractivity contribution in [3.05, 3.63) is 42.0 Å². The van der Waals surface area contributed by atoms with E-state index in [1.807, 2.05) is 0 Å². The highest BCUT2D eigenvalue weighted by molar-refractivity contribution is 7.89. The van der Waals surface area contributed by atoms with E-state index in [0.717, 1.165) is 18.2 Å². The number of aromatic amines is 1. The van der Waals surface area contributed by atoms with Gasteiger partial charge in [-0.1, -0.05) is 6.07 Å². The summed E-state index contributed by atoms with van der Waals surface area (Å²) in [5, 5.41) is 6.13. The van der Waals surface area contributed by atoms with Crippen LogP contribution < -0.4 is 4.72 Å². The second-order valence-electron chi connectivity index (χ2n) is 3.63. The van der Waals surface area contributed by atoms with Crippen molar-refractivity contribution in [1.29, 1.82) is 0 Å². The maximum atomic E-state index is 13.4. The lowest BCUT2D eigenvalue weighted by Gasteiger charge is -2.07.